The van der Waals surface area contributed by atoms with Crippen LogP contribution in [0.5, 0.6) is 5.75 Å². The predicted octanol–water partition coefficient (Wildman–Crippen LogP) is 1.64. The number of aliphatic hydroxyl groups excluding tert-OH is 1. The van der Waals surface area contributed by atoms with Crippen LogP contribution in [0.25, 0.3) is 0 Å². The SMILES string of the molecule is COc1ccc2c(c1)C(O)CCN2C(=O)C1CCCO1. The zero-order valence-corrected chi connectivity index (χ0v) is 11.5. The van der Waals surface area contributed by atoms with E-state index in [0.717, 1.165) is 24.1 Å². The zero-order chi connectivity index (χ0) is 14.1. The van der Waals surface area contributed by atoms with Gasteiger partial charge in [-0.05, 0) is 37.5 Å². The molecule has 2 heterocycles. The molecule has 1 N–H and O–H groups in total. The number of hydrogen-bond donors (Lipinski definition) is 1. The summed E-state index contributed by atoms with van der Waals surface area (Å²) in [4.78, 5) is 14.2. The fourth-order valence-corrected chi connectivity index (χ4v) is 2.87. The van der Waals surface area contributed by atoms with Gasteiger partial charge in [-0.2, -0.15) is 0 Å². The van der Waals surface area contributed by atoms with Crippen LogP contribution in [0.3, 0.4) is 0 Å². The molecule has 1 fully saturated rings. The van der Waals surface area contributed by atoms with Crippen LogP contribution in [0.1, 0.15) is 30.9 Å². The maximum atomic E-state index is 12.5. The fourth-order valence-electron chi connectivity index (χ4n) is 2.87. The number of fused-ring (bicyclic) bond motifs is 1. The second-order valence-corrected chi connectivity index (χ2v) is 5.22. The van der Waals surface area contributed by atoms with E-state index in [9.17, 15) is 9.90 Å². The number of carbonyl (C=O) groups is 1. The van der Waals surface area contributed by atoms with Crippen LogP contribution in [0.4, 0.5) is 5.69 Å². The molecule has 0 spiro atoms. The number of anilines is 1. The molecule has 0 aliphatic carbocycles. The van der Waals surface area contributed by atoms with E-state index in [0.29, 0.717) is 25.3 Å². The number of ether oxygens (including phenoxy) is 2. The Morgan fingerprint density at radius 3 is 3.00 bits per heavy atom. The van der Waals surface area contributed by atoms with Crippen LogP contribution in [-0.4, -0.2) is 37.4 Å². The lowest BCUT2D eigenvalue weighted by Crippen LogP contribution is -2.42. The maximum absolute atomic E-state index is 12.5. The van der Waals surface area contributed by atoms with Crippen molar-refractivity contribution in [1.29, 1.82) is 0 Å². The molecule has 2 atom stereocenters. The Hall–Kier alpha value is -1.59. The first-order chi connectivity index (χ1) is 9.70. The monoisotopic (exact) mass is 277 g/mol. The molecule has 20 heavy (non-hydrogen) atoms. The molecule has 108 valence electrons. The minimum absolute atomic E-state index is 0.000756. The minimum atomic E-state index is -0.548. The number of amides is 1. The molecule has 0 saturated carbocycles. The average molecular weight is 277 g/mol. The Kier molecular flexibility index (Phi) is 3.63. The van der Waals surface area contributed by atoms with Crippen LogP contribution in [-0.2, 0) is 9.53 Å². The van der Waals surface area contributed by atoms with Gasteiger partial charge in [0.2, 0.25) is 0 Å². The minimum Gasteiger partial charge on any atom is -0.497 e. The van der Waals surface area contributed by atoms with Gasteiger partial charge in [-0.25, -0.2) is 0 Å². The molecule has 1 saturated heterocycles. The summed E-state index contributed by atoms with van der Waals surface area (Å²) in [6, 6.07) is 5.45. The topological polar surface area (TPSA) is 59.0 Å². The molecule has 5 heteroatoms. The van der Waals surface area contributed by atoms with E-state index >= 15 is 0 Å². The smallest absolute Gasteiger partial charge is 0.256 e. The lowest BCUT2D eigenvalue weighted by molar-refractivity contribution is -0.127. The summed E-state index contributed by atoms with van der Waals surface area (Å²) in [6.07, 6.45) is 1.37. The number of nitrogens with zero attached hydrogens (tertiary/aromatic N) is 1. The zero-order valence-electron chi connectivity index (χ0n) is 11.5. The molecule has 2 aliphatic rings. The second kappa shape index (κ2) is 5.42. The highest BCUT2D eigenvalue weighted by atomic mass is 16.5. The Morgan fingerprint density at radius 1 is 1.45 bits per heavy atom. The number of aliphatic hydroxyl groups is 1. The van der Waals surface area contributed by atoms with Crippen molar-refractivity contribution in [2.75, 3.05) is 25.2 Å². The first-order valence-corrected chi connectivity index (χ1v) is 6.99. The molecular weight excluding hydrogens is 258 g/mol. The van der Waals surface area contributed by atoms with Gasteiger partial charge in [-0.1, -0.05) is 0 Å². The second-order valence-electron chi connectivity index (χ2n) is 5.22. The van der Waals surface area contributed by atoms with Crippen LogP contribution in [0.15, 0.2) is 18.2 Å². The molecule has 1 amide bonds. The number of rotatable bonds is 2. The molecule has 5 nitrogen and oxygen atoms in total. The normalized spacial score (nSPS) is 25.4. The highest BCUT2D eigenvalue weighted by Gasteiger charge is 2.33. The van der Waals surface area contributed by atoms with Crippen LogP contribution in [0.2, 0.25) is 0 Å². The molecule has 1 aromatic carbocycles. The number of hydrogen-bond acceptors (Lipinski definition) is 4. The van der Waals surface area contributed by atoms with E-state index in [1.54, 1.807) is 18.1 Å². The van der Waals surface area contributed by atoms with E-state index < -0.39 is 6.10 Å². The van der Waals surface area contributed by atoms with Gasteiger partial charge in [-0.3, -0.25) is 4.79 Å². The molecule has 0 radical (unpaired) electrons. The summed E-state index contributed by atoms with van der Waals surface area (Å²) >= 11 is 0. The molecular formula is C15H19NO4. The van der Waals surface area contributed by atoms with E-state index in [4.69, 9.17) is 9.47 Å². The predicted molar refractivity (Wildman–Crippen MR) is 73.9 cm³/mol. The summed E-state index contributed by atoms with van der Waals surface area (Å²) in [6.45, 7) is 1.18. The third-order valence-corrected chi connectivity index (χ3v) is 3.98. The highest BCUT2D eigenvalue weighted by molar-refractivity contribution is 5.98. The van der Waals surface area contributed by atoms with Crippen LogP contribution < -0.4 is 9.64 Å². The molecule has 0 bridgehead atoms. The average Bonchev–Trinajstić information content (AvgIpc) is 3.01. The lowest BCUT2D eigenvalue weighted by atomic mass is 9.97. The van der Waals surface area contributed by atoms with Crippen molar-refractivity contribution in [3.05, 3.63) is 23.8 Å². The number of benzene rings is 1. The Labute approximate surface area is 118 Å². The summed E-state index contributed by atoms with van der Waals surface area (Å²) in [5, 5.41) is 10.1. The lowest BCUT2D eigenvalue weighted by Gasteiger charge is -2.33. The summed E-state index contributed by atoms with van der Waals surface area (Å²) in [5.41, 5.74) is 1.52. The Morgan fingerprint density at radius 2 is 2.30 bits per heavy atom. The first kappa shape index (κ1) is 13.4. The van der Waals surface area contributed by atoms with Crippen molar-refractivity contribution in [2.45, 2.75) is 31.5 Å². The quantitative estimate of drug-likeness (QED) is 0.893. The van der Waals surface area contributed by atoms with Crippen molar-refractivity contribution in [2.24, 2.45) is 0 Å². The fraction of sp³-hybridized carbons (Fsp3) is 0.533. The maximum Gasteiger partial charge on any atom is 0.256 e. The van der Waals surface area contributed by atoms with Gasteiger partial charge in [0.1, 0.15) is 11.9 Å². The molecule has 3 rings (SSSR count). The van der Waals surface area contributed by atoms with Crippen LogP contribution in [0, 0.1) is 0 Å². The number of carbonyl (C=O) groups excluding carboxylic acids is 1. The van der Waals surface area contributed by atoms with Gasteiger partial charge in [0.15, 0.2) is 0 Å². The third-order valence-electron chi connectivity index (χ3n) is 3.98. The van der Waals surface area contributed by atoms with Gasteiger partial charge >= 0.3 is 0 Å². The molecule has 0 aromatic heterocycles. The van der Waals surface area contributed by atoms with E-state index in [2.05, 4.69) is 0 Å². The largest absolute Gasteiger partial charge is 0.497 e. The van der Waals surface area contributed by atoms with Crippen LogP contribution >= 0.6 is 0 Å². The summed E-state index contributed by atoms with van der Waals surface area (Å²) in [7, 11) is 1.59. The van der Waals surface area contributed by atoms with Crippen molar-refractivity contribution in [3.63, 3.8) is 0 Å². The standard InChI is InChI=1S/C15H19NO4/c1-19-10-4-5-12-11(9-10)13(17)6-7-16(12)15(18)14-3-2-8-20-14/h4-5,9,13-14,17H,2-3,6-8H2,1H3. The Balaban J connectivity index is 1.91. The summed E-state index contributed by atoms with van der Waals surface area (Å²) in [5.74, 6) is 0.690. The van der Waals surface area contributed by atoms with Gasteiger partial charge in [-0.15, -0.1) is 0 Å². The van der Waals surface area contributed by atoms with Gasteiger partial charge in [0, 0.05) is 24.4 Å². The number of methoxy groups -OCH3 is 1. The van der Waals surface area contributed by atoms with Gasteiger partial charge < -0.3 is 19.5 Å². The first-order valence-electron chi connectivity index (χ1n) is 6.99. The van der Waals surface area contributed by atoms with E-state index in [1.165, 1.54) is 0 Å². The van der Waals surface area contributed by atoms with Crippen molar-refractivity contribution < 1.29 is 19.4 Å². The van der Waals surface area contributed by atoms with E-state index in [1.807, 2.05) is 12.1 Å². The molecule has 2 unspecified atom stereocenters. The van der Waals surface area contributed by atoms with Crippen molar-refractivity contribution in [3.8, 4) is 5.75 Å². The van der Waals surface area contributed by atoms with Gasteiger partial charge in [0.25, 0.3) is 5.91 Å². The molecule has 2 aliphatic heterocycles. The Bertz CT molecular complexity index is 511. The summed E-state index contributed by atoms with van der Waals surface area (Å²) < 4.78 is 10.7. The van der Waals surface area contributed by atoms with Gasteiger partial charge in [0.05, 0.1) is 13.2 Å². The highest BCUT2D eigenvalue weighted by Crippen LogP contribution is 2.37. The molecule has 1 aromatic rings. The van der Waals surface area contributed by atoms with Crippen molar-refractivity contribution in [1.82, 2.24) is 0 Å². The third kappa shape index (κ3) is 2.27. The van der Waals surface area contributed by atoms with Crippen molar-refractivity contribution >= 4 is 11.6 Å². The van der Waals surface area contributed by atoms with E-state index in [-0.39, 0.29) is 12.0 Å².